The predicted molar refractivity (Wildman–Crippen MR) is 117 cm³/mol. The summed E-state index contributed by atoms with van der Waals surface area (Å²) in [6.07, 6.45) is 0.133. The van der Waals surface area contributed by atoms with Gasteiger partial charge in [0.25, 0.3) is 5.69 Å². The van der Waals surface area contributed by atoms with Gasteiger partial charge in [-0.3, -0.25) is 19.8 Å². The minimum Gasteiger partial charge on any atom is -0.308 e. The average molecular weight is 433 g/mol. The van der Waals surface area contributed by atoms with Crippen LogP contribution in [0.4, 0.5) is 10.8 Å². The third-order valence-corrected chi connectivity index (χ3v) is 6.03. The van der Waals surface area contributed by atoms with Gasteiger partial charge in [0.05, 0.1) is 26.6 Å². The van der Waals surface area contributed by atoms with E-state index in [4.69, 9.17) is 11.6 Å². The first kappa shape index (κ1) is 21.2. The summed E-state index contributed by atoms with van der Waals surface area (Å²) >= 11 is 7.73. The molecule has 152 valence electrons. The van der Waals surface area contributed by atoms with E-state index < -0.39 is 4.92 Å². The van der Waals surface area contributed by atoms with Gasteiger partial charge in [-0.1, -0.05) is 41.1 Å². The van der Waals surface area contributed by atoms with Crippen molar-refractivity contribution in [2.75, 3.05) is 32.1 Å². The van der Waals surface area contributed by atoms with Gasteiger partial charge in [-0.25, -0.2) is 4.98 Å². The number of carbonyl (C=O) groups excluding carboxylic acids is 1. The van der Waals surface area contributed by atoms with Crippen molar-refractivity contribution in [1.82, 2.24) is 9.88 Å². The summed E-state index contributed by atoms with van der Waals surface area (Å²) in [4.78, 5) is 31.8. The lowest BCUT2D eigenvalue weighted by atomic mass is 10.1. The molecule has 0 saturated carbocycles. The zero-order chi connectivity index (χ0) is 21.1. The molecule has 7 nitrogen and oxygen atoms in total. The van der Waals surface area contributed by atoms with Crippen LogP contribution < -0.4 is 4.90 Å². The summed E-state index contributed by atoms with van der Waals surface area (Å²) in [5, 5.41) is 12.0. The summed E-state index contributed by atoms with van der Waals surface area (Å²) in [5.74, 6) is -0.117. The van der Waals surface area contributed by atoms with Crippen molar-refractivity contribution in [2.24, 2.45) is 0 Å². The number of rotatable bonds is 7. The molecule has 0 aliphatic rings. The van der Waals surface area contributed by atoms with Crippen LogP contribution in [0, 0.1) is 17.0 Å². The fourth-order valence-electron chi connectivity index (χ4n) is 2.84. The summed E-state index contributed by atoms with van der Waals surface area (Å²) in [7, 11) is 3.89. The Morgan fingerprint density at radius 2 is 1.86 bits per heavy atom. The highest BCUT2D eigenvalue weighted by molar-refractivity contribution is 7.23. The van der Waals surface area contributed by atoms with Crippen molar-refractivity contribution >= 4 is 49.9 Å². The zero-order valence-corrected chi connectivity index (χ0v) is 18.0. The number of halogens is 1. The first-order chi connectivity index (χ1) is 13.8. The number of aryl methyl sites for hydroxylation is 1. The fraction of sp³-hybridized carbons (Fsp3) is 0.300. The van der Waals surface area contributed by atoms with Crippen LogP contribution in [0.25, 0.3) is 10.2 Å². The molecule has 1 aromatic heterocycles. The highest BCUT2D eigenvalue weighted by Gasteiger charge is 2.22. The Bertz CT molecular complexity index is 1010. The van der Waals surface area contributed by atoms with Gasteiger partial charge in [0.1, 0.15) is 0 Å². The number of nitro benzene ring substituents is 1. The Balaban J connectivity index is 1.90. The number of hydrogen-bond donors (Lipinski definition) is 0. The summed E-state index contributed by atoms with van der Waals surface area (Å²) < 4.78 is 0.861. The Morgan fingerprint density at radius 3 is 2.45 bits per heavy atom. The van der Waals surface area contributed by atoms with Gasteiger partial charge in [-0.05, 0) is 38.2 Å². The van der Waals surface area contributed by atoms with Gasteiger partial charge < -0.3 is 4.90 Å². The highest BCUT2D eigenvalue weighted by atomic mass is 35.5. The molecular formula is C20H21ClN4O3S. The zero-order valence-electron chi connectivity index (χ0n) is 16.4. The van der Waals surface area contributed by atoms with Gasteiger partial charge in [-0.2, -0.15) is 0 Å². The molecule has 0 spiro atoms. The van der Waals surface area contributed by atoms with Crippen LogP contribution in [-0.4, -0.2) is 47.9 Å². The van der Waals surface area contributed by atoms with E-state index in [9.17, 15) is 14.9 Å². The number of benzene rings is 2. The van der Waals surface area contributed by atoms with Crippen LogP contribution in [0.2, 0.25) is 5.02 Å². The molecule has 0 radical (unpaired) electrons. The second kappa shape index (κ2) is 8.86. The lowest BCUT2D eigenvalue weighted by molar-refractivity contribution is -0.384. The van der Waals surface area contributed by atoms with E-state index in [1.807, 2.05) is 38.1 Å². The summed E-state index contributed by atoms with van der Waals surface area (Å²) in [6.45, 7) is 3.12. The fourth-order valence-corrected chi connectivity index (χ4v) is 4.20. The van der Waals surface area contributed by atoms with E-state index in [1.54, 1.807) is 17.0 Å². The first-order valence-corrected chi connectivity index (χ1v) is 10.2. The van der Waals surface area contributed by atoms with Crippen LogP contribution in [0.3, 0.4) is 0 Å². The van der Waals surface area contributed by atoms with Crippen molar-refractivity contribution in [3.05, 3.63) is 62.7 Å². The Labute approximate surface area is 177 Å². The molecule has 1 heterocycles. The third-order valence-electron chi connectivity index (χ3n) is 4.49. The number of fused-ring (bicyclic) bond motifs is 1. The number of likely N-dealkylation sites (N-methyl/N-ethyl adjacent to an activating group) is 1. The van der Waals surface area contributed by atoms with E-state index in [2.05, 4.69) is 4.98 Å². The summed E-state index contributed by atoms with van der Waals surface area (Å²) in [6, 6.07) is 9.79. The smallest absolute Gasteiger partial charge is 0.269 e. The van der Waals surface area contributed by atoms with Crippen LogP contribution in [-0.2, 0) is 11.2 Å². The SMILES string of the molecule is Cc1ccc(Cl)c2sc(N(CCN(C)C)C(=O)Cc3ccc([N+](=O)[O-])cc3)nc12. The topological polar surface area (TPSA) is 79.6 Å². The van der Waals surface area contributed by atoms with E-state index in [1.165, 1.54) is 23.5 Å². The average Bonchev–Trinajstić information content (AvgIpc) is 3.11. The molecule has 9 heteroatoms. The molecule has 0 aliphatic heterocycles. The van der Waals surface area contributed by atoms with Crippen molar-refractivity contribution in [2.45, 2.75) is 13.3 Å². The second-order valence-electron chi connectivity index (χ2n) is 6.99. The van der Waals surface area contributed by atoms with Gasteiger partial charge in [0.15, 0.2) is 5.13 Å². The van der Waals surface area contributed by atoms with Gasteiger partial charge in [0, 0.05) is 25.2 Å². The van der Waals surface area contributed by atoms with E-state index in [0.29, 0.717) is 28.8 Å². The molecule has 2 aromatic carbocycles. The van der Waals surface area contributed by atoms with Gasteiger partial charge >= 0.3 is 0 Å². The number of thiazole rings is 1. The Hall–Kier alpha value is -2.55. The number of amides is 1. The number of carbonyl (C=O) groups is 1. The standard InChI is InChI=1S/C20H21ClN4O3S/c1-13-4-9-16(21)19-18(13)22-20(29-19)24(11-10-23(2)3)17(26)12-14-5-7-15(8-6-14)25(27)28/h4-9H,10-12H2,1-3H3. The molecular weight excluding hydrogens is 412 g/mol. The molecule has 0 saturated heterocycles. The number of hydrogen-bond acceptors (Lipinski definition) is 6. The van der Waals surface area contributed by atoms with Crippen LogP contribution in [0.1, 0.15) is 11.1 Å². The lowest BCUT2D eigenvalue weighted by Gasteiger charge is -2.22. The minimum absolute atomic E-state index is 0.00181. The number of aromatic nitrogens is 1. The molecule has 0 unspecified atom stereocenters. The molecule has 0 atom stereocenters. The Morgan fingerprint density at radius 1 is 1.17 bits per heavy atom. The number of nitrogens with zero attached hydrogens (tertiary/aromatic N) is 4. The maximum Gasteiger partial charge on any atom is 0.269 e. The number of anilines is 1. The van der Waals surface area contributed by atoms with Crippen molar-refractivity contribution in [1.29, 1.82) is 0 Å². The van der Waals surface area contributed by atoms with Crippen molar-refractivity contribution < 1.29 is 9.72 Å². The van der Waals surface area contributed by atoms with Gasteiger partial charge in [-0.15, -0.1) is 0 Å². The van der Waals surface area contributed by atoms with Crippen LogP contribution in [0.15, 0.2) is 36.4 Å². The van der Waals surface area contributed by atoms with E-state index in [-0.39, 0.29) is 18.0 Å². The maximum absolute atomic E-state index is 13.1. The lowest BCUT2D eigenvalue weighted by Crippen LogP contribution is -2.37. The monoisotopic (exact) mass is 432 g/mol. The molecule has 0 aliphatic carbocycles. The van der Waals surface area contributed by atoms with Gasteiger partial charge in [0.2, 0.25) is 5.91 Å². The second-order valence-corrected chi connectivity index (χ2v) is 8.37. The number of non-ortho nitro benzene ring substituents is 1. The maximum atomic E-state index is 13.1. The molecule has 3 rings (SSSR count). The highest BCUT2D eigenvalue weighted by Crippen LogP contribution is 2.35. The van der Waals surface area contributed by atoms with Crippen LogP contribution in [0.5, 0.6) is 0 Å². The quantitative estimate of drug-likeness (QED) is 0.410. The first-order valence-electron chi connectivity index (χ1n) is 9.00. The van der Waals surface area contributed by atoms with E-state index >= 15 is 0 Å². The van der Waals surface area contributed by atoms with Crippen LogP contribution >= 0.6 is 22.9 Å². The van der Waals surface area contributed by atoms with Crippen molar-refractivity contribution in [3.63, 3.8) is 0 Å². The molecule has 0 bridgehead atoms. The Kier molecular flexibility index (Phi) is 6.46. The molecule has 0 N–H and O–H groups in total. The number of nitro groups is 1. The predicted octanol–water partition coefficient (Wildman–Crippen LogP) is 4.30. The largest absolute Gasteiger partial charge is 0.308 e. The van der Waals surface area contributed by atoms with Crippen molar-refractivity contribution in [3.8, 4) is 0 Å². The molecule has 0 fully saturated rings. The molecule has 29 heavy (non-hydrogen) atoms. The van der Waals surface area contributed by atoms with E-state index in [0.717, 1.165) is 15.8 Å². The third kappa shape index (κ3) is 4.90. The molecule has 3 aromatic rings. The normalized spacial score (nSPS) is 11.2. The summed E-state index contributed by atoms with van der Waals surface area (Å²) in [5.41, 5.74) is 2.52. The molecule has 1 amide bonds. The minimum atomic E-state index is -0.456.